The Morgan fingerprint density at radius 2 is 2.00 bits per heavy atom. The van der Waals surface area contributed by atoms with Crippen molar-refractivity contribution in [2.45, 2.75) is 6.61 Å². The summed E-state index contributed by atoms with van der Waals surface area (Å²) < 4.78 is 5.40. The van der Waals surface area contributed by atoms with Crippen LogP contribution in [0.1, 0.15) is 16.1 Å². The summed E-state index contributed by atoms with van der Waals surface area (Å²) >= 11 is 5.98. The summed E-state index contributed by atoms with van der Waals surface area (Å²) in [6, 6.07) is 11.9. The Balaban J connectivity index is 2.09. The van der Waals surface area contributed by atoms with Gasteiger partial charge in [-0.1, -0.05) is 35.9 Å². The lowest BCUT2D eigenvalue weighted by Crippen LogP contribution is -2.03. The predicted molar refractivity (Wildman–Crippen MR) is 67.0 cm³/mol. The fourth-order valence-corrected chi connectivity index (χ4v) is 1.57. The Kier molecular flexibility index (Phi) is 3.79. The van der Waals surface area contributed by atoms with Crippen molar-refractivity contribution in [1.29, 1.82) is 0 Å². The van der Waals surface area contributed by atoms with E-state index < -0.39 is 5.97 Å². The highest BCUT2D eigenvalue weighted by Gasteiger charge is 2.06. The predicted octanol–water partition coefficient (Wildman–Crippen LogP) is 3.01. The quantitative estimate of drug-likeness (QED) is 0.921. The van der Waals surface area contributed by atoms with Gasteiger partial charge in [-0.15, -0.1) is 0 Å². The highest BCUT2D eigenvalue weighted by atomic mass is 35.5. The van der Waals surface area contributed by atoms with Crippen molar-refractivity contribution in [1.82, 2.24) is 4.98 Å². The van der Waals surface area contributed by atoms with E-state index in [9.17, 15) is 4.79 Å². The van der Waals surface area contributed by atoms with Crippen molar-refractivity contribution in [3.05, 3.63) is 58.7 Å². The molecule has 0 bridgehead atoms. The number of pyridine rings is 1. The molecule has 0 radical (unpaired) electrons. The minimum absolute atomic E-state index is 0.0494. The molecule has 0 amide bonds. The zero-order chi connectivity index (χ0) is 13.0. The summed E-state index contributed by atoms with van der Waals surface area (Å²) in [5, 5.41) is 9.40. The lowest BCUT2D eigenvalue weighted by atomic mass is 10.2. The Bertz CT molecular complexity index is 572. The Morgan fingerprint density at radius 3 is 2.72 bits per heavy atom. The molecule has 1 aromatic carbocycles. The monoisotopic (exact) mass is 263 g/mol. The molecule has 92 valence electrons. The Labute approximate surface area is 109 Å². The first-order valence-electron chi connectivity index (χ1n) is 5.23. The number of hydrogen-bond donors (Lipinski definition) is 1. The topological polar surface area (TPSA) is 59.4 Å². The average Bonchev–Trinajstić information content (AvgIpc) is 2.38. The molecule has 0 aliphatic carbocycles. The number of carboxylic acid groups (broad SMARTS) is 1. The van der Waals surface area contributed by atoms with E-state index in [4.69, 9.17) is 21.4 Å². The van der Waals surface area contributed by atoms with Gasteiger partial charge in [0.1, 0.15) is 6.61 Å². The second-order valence-electron chi connectivity index (χ2n) is 3.55. The van der Waals surface area contributed by atoms with Crippen LogP contribution in [0.2, 0.25) is 5.02 Å². The van der Waals surface area contributed by atoms with E-state index in [-0.39, 0.29) is 18.2 Å². The standard InChI is InChI=1S/C13H10ClNO3/c14-10-5-2-1-4-9(10)8-18-12-7-3-6-11(15-12)13(16)17/h1-7H,8H2,(H,16,17). The van der Waals surface area contributed by atoms with Gasteiger partial charge < -0.3 is 9.84 Å². The van der Waals surface area contributed by atoms with Gasteiger partial charge in [0, 0.05) is 16.7 Å². The molecule has 0 saturated carbocycles. The third-order valence-corrected chi connectivity index (χ3v) is 2.64. The minimum Gasteiger partial charge on any atom is -0.477 e. The molecule has 0 atom stereocenters. The van der Waals surface area contributed by atoms with Crippen LogP contribution in [0.4, 0.5) is 0 Å². The minimum atomic E-state index is -1.09. The highest BCUT2D eigenvalue weighted by molar-refractivity contribution is 6.31. The lowest BCUT2D eigenvalue weighted by molar-refractivity contribution is 0.0689. The van der Waals surface area contributed by atoms with Crippen molar-refractivity contribution in [2.24, 2.45) is 0 Å². The number of aromatic nitrogens is 1. The van der Waals surface area contributed by atoms with E-state index in [1.165, 1.54) is 6.07 Å². The summed E-state index contributed by atoms with van der Waals surface area (Å²) in [5.41, 5.74) is 0.772. The maximum atomic E-state index is 10.7. The molecule has 0 saturated heterocycles. The molecule has 0 aliphatic rings. The number of benzene rings is 1. The second kappa shape index (κ2) is 5.51. The summed E-state index contributed by atoms with van der Waals surface area (Å²) in [5.74, 6) is -0.826. The number of hydrogen-bond acceptors (Lipinski definition) is 3. The molecule has 0 spiro atoms. The number of rotatable bonds is 4. The maximum absolute atomic E-state index is 10.7. The molecule has 0 unspecified atom stereocenters. The third-order valence-electron chi connectivity index (χ3n) is 2.28. The molecule has 5 heteroatoms. The van der Waals surface area contributed by atoms with Crippen LogP contribution in [0.5, 0.6) is 5.88 Å². The van der Waals surface area contributed by atoms with Crippen LogP contribution in [0, 0.1) is 0 Å². The van der Waals surface area contributed by atoms with Gasteiger partial charge in [-0.2, -0.15) is 0 Å². The number of nitrogens with zero attached hydrogens (tertiary/aromatic N) is 1. The van der Waals surface area contributed by atoms with E-state index in [1.54, 1.807) is 18.2 Å². The van der Waals surface area contributed by atoms with Gasteiger partial charge in [0.15, 0.2) is 5.69 Å². The molecule has 2 rings (SSSR count). The molecule has 1 aromatic heterocycles. The zero-order valence-corrected chi connectivity index (χ0v) is 10.1. The van der Waals surface area contributed by atoms with Gasteiger partial charge in [0.25, 0.3) is 0 Å². The summed E-state index contributed by atoms with van der Waals surface area (Å²) in [4.78, 5) is 14.6. The highest BCUT2D eigenvalue weighted by Crippen LogP contribution is 2.17. The van der Waals surface area contributed by atoms with E-state index in [0.29, 0.717) is 5.02 Å². The van der Waals surface area contributed by atoms with E-state index in [1.807, 2.05) is 18.2 Å². The zero-order valence-electron chi connectivity index (χ0n) is 9.34. The van der Waals surface area contributed by atoms with Gasteiger partial charge in [0.05, 0.1) is 0 Å². The number of aromatic carboxylic acids is 1. The Morgan fingerprint density at radius 1 is 1.22 bits per heavy atom. The maximum Gasteiger partial charge on any atom is 0.354 e. The molecule has 0 fully saturated rings. The largest absolute Gasteiger partial charge is 0.477 e. The van der Waals surface area contributed by atoms with Gasteiger partial charge in [-0.05, 0) is 12.1 Å². The lowest BCUT2D eigenvalue weighted by Gasteiger charge is -2.07. The fraction of sp³-hybridized carbons (Fsp3) is 0.0769. The first kappa shape index (κ1) is 12.4. The molecule has 18 heavy (non-hydrogen) atoms. The average molecular weight is 264 g/mol. The third kappa shape index (κ3) is 2.99. The van der Waals surface area contributed by atoms with Crippen LogP contribution in [-0.2, 0) is 6.61 Å². The van der Waals surface area contributed by atoms with Gasteiger partial charge in [-0.25, -0.2) is 9.78 Å². The van der Waals surface area contributed by atoms with Crippen LogP contribution in [0.15, 0.2) is 42.5 Å². The van der Waals surface area contributed by atoms with Crippen molar-refractivity contribution in [2.75, 3.05) is 0 Å². The summed E-state index contributed by atoms with van der Waals surface area (Å²) in [6.45, 7) is 0.246. The van der Waals surface area contributed by atoms with E-state index in [2.05, 4.69) is 4.98 Å². The first-order chi connectivity index (χ1) is 8.66. The van der Waals surface area contributed by atoms with Gasteiger partial charge in [-0.3, -0.25) is 0 Å². The normalized spacial score (nSPS) is 10.1. The fourth-order valence-electron chi connectivity index (χ4n) is 1.38. The molecule has 1 N–H and O–H groups in total. The molecule has 4 nitrogen and oxygen atoms in total. The van der Waals surface area contributed by atoms with Crippen LogP contribution >= 0.6 is 11.6 Å². The molecule has 0 aliphatic heterocycles. The second-order valence-corrected chi connectivity index (χ2v) is 3.95. The summed E-state index contributed by atoms with van der Waals surface area (Å²) in [6.07, 6.45) is 0. The van der Waals surface area contributed by atoms with E-state index >= 15 is 0 Å². The number of ether oxygens (including phenoxy) is 1. The van der Waals surface area contributed by atoms with Crippen LogP contribution in [0.3, 0.4) is 0 Å². The Hall–Kier alpha value is -2.07. The summed E-state index contributed by atoms with van der Waals surface area (Å²) in [7, 11) is 0. The molecular formula is C13H10ClNO3. The van der Waals surface area contributed by atoms with Gasteiger partial charge >= 0.3 is 5.97 Å². The SMILES string of the molecule is O=C(O)c1cccc(OCc2ccccc2Cl)n1. The van der Waals surface area contributed by atoms with E-state index in [0.717, 1.165) is 5.56 Å². The molecular weight excluding hydrogens is 254 g/mol. The number of carboxylic acids is 1. The van der Waals surface area contributed by atoms with Crippen molar-refractivity contribution in [3.63, 3.8) is 0 Å². The van der Waals surface area contributed by atoms with Crippen molar-refractivity contribution in [3.8, 4) is 5.88 Å². The van der Waals surface area contributed by atoms with Crippen LogP contribution in [-0.4, -0.2) is 16.1 Å². The van der Waals surface area contributed by atoms with Crippen LogP contribution < -0.4 is 4.74 Å². The number of halogens is 1. The van der Waals surface area contributed by atoms with Gasteiger partial charge in [0.2, 0.25) is 5.88 Å². The molecule has 1 heterocycles. The van der Waals surface area contributed by atoms with Crippen molar-refractivity contribution < 1.29 is 14.6 Å². The molecule has 2 aromatic rings. The van der Waals surface area contributed by atoms with Crippen LogP contribution in [0.25, 0.3) is 0 Å². The first-order valence-corrected chi connectivity index (χ1v) is 5.61. The smallest absolute Gasteiger partial charge is 0.354 e. The number of carbonyl (C=O) groups is 1. The van der Waals surface area contributed by atoms with Crippen molar-refractivity contribution >= 4 is 17.6 Å².